The maximum Gasteiger partial charge on any atom is 0.221 e. The van der Waals surface area contributed by atoms with Crippen molar-refractivity contribution in [1.82, 2.24) is 0 Å². The second-order valence-corrected chi connectivity index (χ2v) is 5.52. The highest BCUT2D eigenvalue weighted by atomic mass is 16.3. The smallest absolute Gasteiger partial charge is 0.221 e. The Hall–Kier alpha value is -1.61. The Labute approximate surface area is 120 Å². The third-order valence-corrected chi connectivity index (χ3v) is 3.90. The highest BCUT2D eigenvalue weighted by molar-refractivity contribution is 5.88. The van der Waals surface area contributed by atoms with Crippen LogP contribution in [0, 0.1) is 5.92 Å². The Bertz CT molecular complexity index is 470. The molecule has 1 aliphatic carbocycles. The van der Waals surface area contributed by atoms with Crippen molar-refractivity contribution >= 4 is 17.7 Å². The number of rotatable bonds is 4. The van der Waals surface area contributed by atoms with Crippen LogP contribution in [0.15, 0.2) is 29.8 Å². The van der Waals surface area contributed by atoms with Gasteiger partial charge in [-0.2, -0.15) is 0 Å². The van der Waals surface area contributed by atoms with Crippen molar-refractivity contribution in [3.05, 3.63) is 35.4 Å². The number of carbonyl (C=O) groups excluding carboxylic acids is 1. The molecule has 0 bridgehead atoms. The molecule has 0 spiro atoms. The van der Waals surface area contributed by atoms with Gasteiger partial charge in [0.2, 0.25) is 5.91 Å². The second kappa shape index (κ2) is 7.25. The predicted octanol–water partition coefficient (Wildman–Crippen LogP) is 3.60. The average molecular weight is 273 g/mol. The van der Waals surface area contributed by atoms with Crippen LogP contribution in [0.4, 0.5) is 5.69 Å². The van der Waals surface area contributed by atoms with Crippen LogP contribution in [0.5, 0.6) is 0 Å². The Balaban J connectivity index is 2.08. The normalized spacial score (nSPS) is 17.0. The van der Waals surface area contributed by atoms with Crippen molar-refractivity contribution in [2.75, 3.05) is 11.9 Å². The molecule has 3 heteroatoms. The van der Waals surface area contributed by atoms with E-state index in [2.05, 4.69) is 11.4 Å². The van der Waals surface area contributed by atoms with Crippen LogP contribution < -0.4 is 5.32 Å². The molecule has 2 N–H and O–H groups in total. The number of carbonyl (C=O) groups is 1. The summed E-state index contributed by atoms with van der Waals surface area (Å²) in [5.41, 5.74) is 3.02. The summed E-state index contributed by atoms with van der Waals surface area (Å²) in [6.07, 6.45) is 8.33. The average Bonchev–Trinajstić information content (AvgIpc) is 2.47. The van der Waals surface area contributed by atoms with E-state index < -0.39 is 0 Å². The molecule has 3 nitrogen and oxygen atoms in total. The van der Waals surface area contributed by atoms with Crippen molar-refractivity contribution in [2.45, 2.75) is 39.0 Å². The number of anilines is 1. The molecule has 0 aliphatic heterocycles. The van der Waals surface area contributed by atoms with E-state index in [0.29, 0.717) is 5.92 Å². The van der Waals surface area contributed by atoms with Gasteiger partial charge in [0, 0.05) is 12.6 Å². The van der Waals surface area contributed by atoms with Crippen molar-refractivity contribution in [3.8, 4) is 0 Å². The molecule has 1 aromatic carbocycles. The van der Waals surface area contributed by atoms with Crippen LogP contribution in [0.25, 0.3) is 6.08 Å². The number of hydrogen-bond acceptors (Lipinski definition) is 2. The van der Waals surface area contributed by atoms with Crippen molar-refractivity contribution in [3.63, 3.8) is 0 Å². The molecule has 0 heterocycles. The molecule has 1 saturated carbocycles. The van der Waals surface area contributed by atoms with Crippen LogP contribution in [-0.4, -0.2) is 17.6 Å². The molecule has 1 fully saturated rings. The Morgan fingerprint density at radius 3 is 2.45 bits per heavy atom. The summed E-state index contributed by atoms with van der Waals surface area (Å²) in [6, 6.07) is 7.74. The molecule has 108 valence electrons. The Morgan fingerprint density at radius 1 is 1.25 bits per heavy atom. The first kappa shape index (κ1) is 14.8. The Kier molecular flexibility index (Phi) is 5.36. The van der Waals surface area contributed by atoms with Gasteiger partial charge in [-0.25, -0.2) is 0 Å². The van der Waals surface area contributed by atoms with Gasteiger partial charge in [-0.1, -0.05) is 37.5 Å². The summed E-state index contributed by atoms with van der Waals surface area (Å²) in [6.45, 7) is 1.64. The molecule has 0 saturated heterocycles. The van der Waals surface area contributed by atoms with E-state index in [0.717, 1.165) is 16.8 Å². The van der Waals surface area contributed by atoms with Gasteiger partial charge in [0.1, 0.15) is 0 Å². The van der Waals surface area contributed by atoms with Gasteiger partial charge in [0.15, 0.2) is 0 Å². The SMILES string of the molecule is CC(=O)Nc1ccc(/C=C(/CO)C2CCCCC2)cc1. The molecule has 2 rings (SSSR count). The minimum absolute atomic E-state index is 0.0634. The molecule has 0 aromatic heterocycles. The van der Waals surface area contributed by atoms with Gasteiger partial charge in [-0.05, 0) is 42.0 Å². The Morgan fingerprint density at radius 2 is 1.90 bits per heavy atom. The van der Waals surface area contributed by atoms with Gasteiger partial charge < -0.3 is 10.4 Å². The lowest BCUT2D eigenvalue weighted by atomic mass is 9.83. The molecular weight excluding hydrogens is 250 g/mol. The van der Waals surface area contributed by atoms with Crippen molar-refractivity contribution in [2.24, 2.45) is 5.92 Å². The molecule has 1 aliphatic rings. The second-order valence-electron chi connectivity index (χ2n) is 5.52. The molecule has 0 atom stereocenters. The fourth-order valence-electron chi connectivity index (χ4n) is 2.85. The zero-order chi connectivity index (χ0) is 14.4. The van der Waals surface area contributed by atoms with Crippen LogP contribution >= 0.6 is 0 Å². The number of benzene rings is 1. The minimum atomic E-state index is -0.0634. The highest BCUT2D eigenvalue weighted by Gasteiger charge is 2.17. The lowest BCUT2D eigenvalue weighted by Gasteiger charge is -2.23. The maximum atomic E-state index is 11.0. The van der Waals surface area contributed by atoms with Gasteiger partial charge >= 0.3 is 0 Å². The number of aliphatic hydroxyl groups excluding tert-OH is 1. The summed E-state index contributed by atoms with van der Waals surface area (Å²) in [5.74, 6) is 0.468. The summed E-state index contributed by atoms with van der Waals surface area (Å²) in [5, 5.41) is 12.3. The van der Waals surface area contributed by atoms with Crippen molar-refractivity contribution in [1.29, 1.82) is 0 Å². The van der Waals surface area contributed by atoms with Gasteiger partial charge in [0.25, 0.3) is 0 Å². The third-order valence-electron chi connectivity index (χ3n) is 3.90. The summed E-state index contributed by atoms with van der Waals surface area (Å²) < 4.78 is 0. The fraction of sp³-hybridized carbons (Fsp3) is 0.471. The van der Waals surface area contributed by atoms with Crippen LogP contribution in [0.3, 0.4) is 0 Å². The van der Waals surface area contributed by atoms with Crippen LogP contribution in [0.1, 0.15) is 44.6 Å². The number of amides is 1. The first-order valence-corrected chi connectivity index (χ1v) is 7.38. The van der Waals surface area contributed by atoms with E-state index >= 15 is 0 Å². The first-order valence-electron chi connectivity index (χ1n) is 7.38. The summed E-state index contributed by atoms with van der Waals surface area (Å²) in [7, 11) is 0. The molecular formula is C17H23NO2. The topological polar surface area (TPSA) is 49.3 Å². The monoisotopic (exact) mass is 273 g/mol. The summed E-state index contributed by atoms with van der Waals surface area (Å²) >= 11 is 0. The highest BCUT2D eigenvalue weighted by Crippen LogP contribution is 2.30. The lowest BCUT2D eigenvalue weighted by molar-refractivity contribution is -0.114. The standard InChI is InChI=1S/C17H23NO2/c1-13(20)18-17-9-7-14(8-10-17)11-16(12-19)15-5-3-2-4-6-15/h7-11,15,19H,2-6,12H2,1H3,(H,18,20)/b16-11-. The van der Waals surface area contributed by atoms with Gasteiger partial charge in [0.05, 0.1) is 6.61 Å². The fourth-order valence-corrected chi connectivity index (χ4v) is 2.85. The maximum absolute atomic E-state index is 11.0. The van der Waals surface area contributed by atoms with E-state index in [1.54, 1.807) is 0 Å². The third kappa shape index (κ3) is 4.20. The van der Waals surface area contributed by atoms with Gasteiger partial charge in [-0.3, -0.25) is 4.79 Å². The van der Waals surface area contributed by atoms with E-state index in [9.17, 15) is 9.90 Å². The molecule has 0 unspecified atom stereocenters. The van der Waals surface area contributed by atoms with E-state index in [4.69, 9.17) is 0 Å². The van der Waals surface area contributed by atoms with Gasteiger partial charge in [-0.15, -0.1) is 0 Å². The largest absolute Gasteiger partial charge is 0.392 e. The molecule has 20 heavy (non-hydrogen) atoms. The minimum Gasteiger partial charge on any atom is -0.392 e. The van der Waals surface area contributed by atoms with Crippen molar-refractivity contribution < 1.29 is 9.90 Å². The quantitative estimate of drug-likeness (QED) is 0.880. The van der Waals surface area contributed by atoms with Crippen LogP contribution in [0.2, 0.25) is 0 Å². The van der Waals surface area contributed by atoms with Crippen LogP contribution in [-0.2, 0) is 4.79 Å². The van der Waals surface area contributed by atoms with E-state index in [1.807, 2.05) is 24.3 Å². The predicted molar refractivity (Wildman–Crippen MR) is 82.4 cm³/mol. The summed E-state index contributed by atoms with van der Waals surface area (Å²) in [4.78, 5) is 11.0. The molecule has 1 amide bonds. The lowest BCUT2D eigenvalue weighted by Crippen LogP contribution is -2.11. The number of aliphatic hydroxyl groups is 1. The number of nitrogens with one attached hydrogen (secondary N) is 1. The van der Waals surface area contributed by atoms with E-state index in [1.165, 1.54) is 39.0 Å². The first-order chi connectivity index (χ1) is 9.69. The molecule has 0 radical (unpaired) electrons. The zero-order valence-corrected chi connectivity index (χ0v) is 12.1. The molecule has 1 aromatic rings. The van der Waals surface area contributed by atoms with E-state index in [-0.39, 0.29) is 12.5 Å². The zero-order valence-electron chi connectivity index (χ0n) is 12.1. The number of hydrogen-bond donors (Lipinski definition) is 2.